The molecule has 1 amide bonds. The summed E-state index contributed by atoms with van der Waals surface area (Å²) in [6.07, 6.45) is 4.82. The number of aliphatic hydroxyl groups excluding tert-OH is 1. The second-order valence-corrected chi connectivity index (χ2v) is 6.36. The van der Waals surface area contributed by atoms with Crippen molar-refractivity contribution >= 4 is 18.2 Å². The van der Waals surface area contributed by atoms with Gasteiger partial charge >= 0.3 is 6.09 Å². The Hall–Kier alpha value is -2.83. The molecule has 2 rings (SSSR count). The van der Waals surface area contributed by atoms with Gasteiger partial charge in [-0.25, -0.2) is 9.78 Å². The quantitative estimate of drug-likeness (QED) is 0.824. The fourth-order valence-electron chi connectivity index (χ4n) is 2.01. The lowest BCUT2D eigenvalue weighted by molar-refractivity contribution is 0.0582. The van der Waals surface area contributed by atoms with Crippen molar-refractivity contribution in [3.63, 3.8) is 0 Å². The number of nitrogens with zero attached hydrogens (tertiary/aromatic N) is 2. The number of aliphatic hydroxyl groups is 1. The number of nitrogens with one attached hydrogen (secondary N) is 1. The Bertz CT molecular complexity index is 672. The highest BCUT2D eigenvalue weighted by molar-refractivity contribution is 5.87. The highest BCUT2D eigenvalue weighted by Crippen LogP contribution is 2.18. The van der Waals surface area contributed by atoms with Gasteiger partial charge in [0.15, 0.2) is 12.2 Å². The minimum atomic E-state index is -0.643. The number of allylic oxidation sites excluding steroid dienone is 2. The van der Waals surface area contributed by atoms with Gasteiger partial charge in [-0.15, -0.1) is 0 Å². The van der Waals surface area contributed by atoms with E-state index in [4.69, 9.17) is 4.74 Å². The fraction of sp³-hybridized carbons (Fsp3) is 0.353. The molecular formula is C17H21N3O4. The van der Waals surface area contributed by atoms with Crippen molar-refractivity contribution in [1.29, 1.82) is 0 Å². The summed E-state index contributed by atoms with van der Waals surface area (Å²) < 4.78 is 5.44. The monoisotopic (exact) mass is 331 g/mol. The summed E-state index contributed by atoms with van der Waals surface area (Å²) in [4.78, 5) is 28.9. The van der Waals surface area contributed by atoms with Gasteiger partial charge in [0.2, 0.25) is 0 Å². The Morgan fingerprint density at radius 3 is 2.67 bits per heavy atom. The van der Waals surface area contributed by atoms with Gasteiger partial charge in [0.05, 0.1) is 6.54 Å². The van der Waals surface area contributed by atoms with E-state index in [1.165, 1.54) is 17.2 Å². The molecule has 7 nitrogen and oxygen atoms in total. The number of anilines is 1. The first kappa shape index (κ1) is 17.5. The van der Waals surface area contributed by atoms with Gasteiger partial charge < -0.3 is 15.2 Å². The third kappa shape index (κ3) is 4.84. The Balaban J connectivity index is 2.26. The highest BCUT2D eigenvalue weighted by atomic mass is 16.6. The Labute approximate surface area is 140 Å². The van der Waals surface area contributed by atoms with E-state index in [-0.39, 0.29) is 12.4 Å². The summed E-state index contributed by atoms with van der Waals surface area (Å²) in [5.41, 5.74) is 0.657. The van der Waals surface area contributed by atoms with Crippen molar-refractivity contribution in [3.05, 3.63) is 47.5 Å². The molecule has 2 N–H and O–H groups in total. The van der Waals surface area contributed by atoms with Crippen molar-refractivity contribution in [3.8, 4) is 0 Å². The Morgan fingerprint density at radius 2 is 2.17 bits per heavy atom. The van der Waals surface area contributed by atoms with Gasteiger partial charge in [0.1, 0.15) is 11.4 Å². The molecule has 1 aromatic heterocycles. The zero-order chi connectivity index (χ0) is 17.7. The third-order valence-corrected chi connectivity index (χ3v) is 3.13. The van der Waals surface area contributed by atoms with E-state index in [9.17, 15) is 14.7 Å². The molecule has 7 heteroatoms. The van der Waals surface area contributed by atoms with E-state index in [0.717, 1.165) is 5.57 Å². The summed E-state index contributed by atoms with van der Waals surface area (Å²) in [5.74, 6) is 0.463. The Kier molecular flexibility index (Phi) is 5.23. The summed E-state index contributed by atoms with van der Waals surface area (Å²) in [6, 6.07) is 3.18. The molecule has 0 radical (unpaired) electrons. The molecule has 128 valence electrons. The molecule has 0 spiro atoms. The molecule has 0 unspecified atom stereocenters. The molecule has 0 atom stereocenters. The number of amides is 1. The van der Waals surface area contributed by atoms with Crippen LogP contribution in [0, 0.1) is 0 Å². The minimum Gasteiger partial charge on any atom is -0.495 e. The zero-order valence-electron chi connectivity index (χ0n) is 13.9. The summed E-state index contributed by atoms with van der Waals surface area (Å²) in [5, 5.41) is 12.1. The van der Waals surface area contributed by atoms with Gasteiger partial charge in [-0.2, -0.15) is 0 Å². The SMILES string of the molecule is CC(C)(C)OC(=O)N(CC1=CC=C(O)NC1)c1ccc(C=O)cn1. The maximum absolute atomic E-state index is 12.5. The average molecular weight is 331 g/mol. The fourth-order valence-corrected chi connectivity index (χ4v) is 2.01. The lowest BCUT2D eigenvalue weighted by Crippen LogP contribution is -2.40. The standard InChI is InChI=1S/C17H21N3O4/c1-17(2,3)24-16(23)20(10-12-5-7-15(22)19-8-12)14-6-4-13(11-21)9-18-14/h4-7,9,11,19,22H,8,10H2,1-3H3. The lowest BCUT2D eigenvalue weighted by atomic mass is 10.2. The van der Waals surface area contributed by atoms with E-state index in [1.807, 2.05) is 0 Å². The average Bonchev–Trinajstić information content (AvgIpc) is 2.53. The maximum Gasteiger partial charge on any atom is 0.416 e. The van der Waals surface area contributed by atoms with Gasteiger partial charge in [0, 0.05) is 18.3 Å². The number of ether oxygens (including phenoxy) is 1. The molecule has 1 aliphatic rings. The number of hydrogen-bond acceptors (Lipinski definition) is 6. The first-order valence-corrected chi connectivity index (χ1v) is 7.53. The van der Waals surface area contributed by atoms with E-state index in [2.05, 4.69) is 10.3 Å². The van der Waals surface area contributed by atoms with Crippen LogP contribution >= 0.6 is 0 Å². The number of carbonyl (C=O) groups excluding carboxylic acids is 2. The van der Waals surface area contributed by atoms with E-state index >= 15 is 0 Å². The van der Waals surface area contributed by atoms with Gasteiger partial charge in [0.25, 0.3) is 0 Å². The normalized spacial score (nSPS) is 14.1. The van der Waals surface area contributed by atoms with Crippen LogP contribution in [0.15, 0.2) is 41.9 Å². The predicted molar refractivity (Wildman–Crippen MR) is 90.0 cm³/mol. The highest BCUT2D eigenvalue weighted by Gasteiger charge is 2.25. The number of dihydropyridines is 1. The smallest absolute Gasteiger partial charge is 0.416 e. The first-order chi connectivity index (χ1) is 11.3. The molecule has 0 fully saturated rings. The third-order valence-electron chi connectivity index (χ3n) is 3.13. The lowest BCUT2D eigenvalue weighted by Gasteiger charge is -2.28. The number of rotatable bonds is 4. The van der Waals surface area contributed by atoms with Crippen molar-refractivity contribution in [2.45, 2.75) is 26.4 Å². The Morgan fingerprint density at radius 1 is 1.42 bits per heavy atom. The van der Waals surface area contributed by atoms with Crippen molar-refractivity contribution in [1.82, 2.24) is 10.3 Å². The van der Waals surface area contributed by atoms with Crippen LogP contribution in [0.1, 0.15) is 31.1 Å². The van der Waals surface area contributed by atoms with Crippen LogP contribution in [-0.4, -0.2) is 41.2 Å². The van der Waals surface area contributed by atoms with Crippen LogP contribution in [0.5, 0.6) is 0 Å². The minimum absolute atomic E-state index is 0.0797. The topological polar surface area (TPSA) is 91.8 Å². The summed E-state index contributed by atoms with van der Waals surface area (Å²) >= 11 is 0. The molecule has 2 heterocycles. The molecule has 24 heavy (non-hydrogen) atoms. The van der Waals surface area contributed by atoms with Crippen LogP contribution < -0.4 is 10.2 Å². The number of hydrogen-bond donors (Lipinski definition) is 2. The van der Waals surface area contributed by atoms with Crippen LogP contribution in [0.25, 0.3) is 0 Å². The molecule has 0 aliphatic carbocycles. The van der Waals surface area contributed by atoms with Crippen LogP contribution in [-0.2, 0) is 4.74 Å². The number of pyridine rings is 1. The van der Waals surface area contributed by atoms with E-state index in [1.54, 1.807) is 39.0 Å². The van der Waals surface area contributed by atoms with Gasteiger partial charge in [-0.1, -0.05) is 6.08 Å². The molecule has 0 saturated carbocycles. The van der Waals surface area contributed by atoms with Crippen molar-refractivity contribution in [2.75, 3.05) is 18.0 Å². The largest absolute Gasteiger partial charge is 0.495 e. The van der Waals surface area contributed by atoms with Crippen molar-refractivity contribution in [2.24, 2.45) is 0 Å². The second-order valence-electron chi connectivity index (χ2n) is 6.36. The zero-order valence-corrected chi connectivity index (χ0v) is 13.9. The molecule has 0 bridgehead atoms. The van der Waals surface area contributed by atoms with Crippen LogP contribution in [0.2, 0.25) is 0 Å². The molecular weight excluding hydrogens is 310 g/mol. The predicted octanol–water partition coefficient (Wildman–Crippen LogP) is 2.56. The van der Waals surface area contributed by atoms with Gasteiger partial charge in [-0.3, -0.25) is 9.69 Å². The number of aldehydes is 1. The van der Waals surface area contributed by atoms with Crippen molar-refractivity contribution < 1.29 is 19.4 Å². The van der Waals surface area contributed by atoms with Gasteiger partial charge in [-0.05, 0) is 44.6 Å². The molecule has 1 aliphatic heterocycles. The van der Waals surface area contributed by atoms with Crippen LogP contribution in [0.3, 0.4) is 0 Å². The number of aromatic nitrogens is 1. The summed E-state index contributed by atoms with van der Waals surface area (Å²) in [7, 11) is 0. The molecule has 1 aromatic rings. The second kappa shape index (κ2) is 7.16. The van der Waals surface area contributed by atoms with Crippen LogP contribution in [0.4, 0.5) is 10.6 Å². The van der Waals surface area contributed by atoms with E-state index in [0.29, 0.717) is 24.2 Å². The summed E-state index contributed by atoms with van der Waals surface area (Å²) in [6.45, 7) is 6.02. The molecule has 0 saturated heterocycles. The maximum atomic E-state index is 12.5. The first-order valence-electron chi connectivity index (χ1n) is 7.53. The number of carbonyl (C=O) groups is 2. The van der Waals surface area contributed by atoms with E-state index < -0.39 is 11.7 Å². The molecule has 0 aromatic carbocycles.